The van der Waals surface area contributed by atoms with Crippen molar-refractivity contribution >= 4 is 15.9 Å². The van der Waals surface area contributed by atoms with Crippen molar-refractivity contribution < 1.29 is 17.9 Å². The molecule has 2 heterocycles. The van der Waals surface area contributed by atoms with Crippen LogP contribution in [0.1, 0.15) is 57.3 Å². The van der Waals surface area contributed by atoms with E-state index in [9.17, 15) is 13.2 Å². The largest absolute Gasteiger partial charge is 0.495 e. The number of nitrogens with one attached hydrogen (secondary N) is 1. The summed E-state index contributed by atoms with van der Waals surface area (Å²) in [7, 11) is -2.31. The first kappa shape index (κ1) is 25.0. The summed E-state index contributed by atoms with van der Waals surface area (Å²) in [4.78, 5) is 15.4. The van der Waals surface area contributed by atoms with Crippen LogP contribution in [0.15, 0.2) is 23.1 Å². The molecule has 2 fully saturated rings. The molecule has 2 aliphatic heterocycles. The summed E-state index contributed by atoms with van der Waals surface area (Å²) in [6.07, 6.45) is 3.46. The van der Waals surface area contributed by atoms with Gasteiger partial charge in [0.05, 0.1) is 7.11 Å². The van der Waals surface area contributed by atoms with Crippen molar-refractivity contribution in [1.82, 2.24) is 14.5 Å². The Bertz CT molecular complexity index is 895. The Labute approximate surface area is 193 Å². The summed E-state index contributed by atoms with van der Waals surface area (Å²) in [5, 5.41) is 3.04. The van der Waals surface area contributed by atoms with Crippen molar-refractivity contribution in [3.63, 3.8) is 0 Å². The molecule has 2 saturated heterocycles. The average Bonchev–Trinajstić information content (AvgIpc) is 2.72. The van der Waals surface area contributed by atoms with Crippen molar-refractivity contribution in [1.29, 1.82) is 0 Å². The summed E-state index contributed by atoms with van der Waals surface area (Å²) in [6, 6.07) is 4.64. The quantitative estimate of drug-likeness (QED) is 0.669. The lowest BCUT2D eigenvalue weighted by Gasteiger charge is -2.34. The zero-order chi connectivity index (χ0) is 23.5. The number of likely N-dealkylation sites (tertiary alicyclic amines) is 1. The Kier molecular flexibility index (Phi) is 8.22. The van der Waals surface area contributed by atoms with Crippen molar-refractivity contribution in [2.45, 2.75) is 57.9 Å². The van der Waals surface area contributed by atoms with Gasteiger partial charge in [-0.2, -0.15) is 4.31 Å². The molecule has 4 unspecified atom stereocenters. The molecule has 0 spiro atoms. The maximum atomic E-state index is 13.5. The van der Waals surface area contributed by atoms with Crippen LogP contribution in [0.3, 0.4) is 0 Å². The second-order valence-electron chi connectivity index (χ2n) is 10.0. The minimum Gasteiger partial charge on any atom is -0.495 e. The van der Waals surface area contributed by atoms with Crippen molar-refractivity contribution in [3.05, 3.63) is 23.8 Å². The smallest absolute Gasteiger partial charge is 0.251 e. The van der Waals surface area contributed by atoms with Crippen LogP contribution >= 0.6 is 0 Å². The first-order valence-corrected chi connectivity index (χ1v) is 13.3. The van der Waals surface area contributed by atoms with Gasteiger partial charge in [-0.3, -0.25) is 4.79 Å². The molecular weight excluding hydrogens is 426 g/mol. The number of benzene rings is 1. The van der Waals surface area contributed by atoms with Crippen LogP contribution < -0.4 is 10.1 Å². The molecule has 32 heavy (non-hydrogen) atoms. The third-order valence-electron chi connectivity index (χ3n) is 6.53. The van der Waals surface area contributed by atoms with Gasteiger partial charge in [0.25, 0.3) is 5.91 Å². The van der Waals surface area contributed by atoms with Crippen molar-refractivity contribution in [2.24, 2.45) is 17.8 Å². The fraction of sp³-hybridized carbons (Fsp3) is 0.708. The highest BCUT2D eigenvalue weighted by Gasteiger charge is 2.34. The summed E-state index contributed by atoms with van der Waals surface area (Å²) in [5.74, 6) is 1.28. The Morgan fingerprint density at radius 1 is 1.16 bits per heavy atom. The van der Waals surface area contributed by atoms with Crippen LogP contribution in [-0.2, 0) is 10.0 Å². The van der Waals surface area contributed by atoms with E-state index in [4.69, 9.17) is 4.74 Å². The molecular formula is C24H39N3O4S. The fourth-order valence-electron chi connectivity index (χ4n) is 5.15. The van der Waals surface area contributed by atoms with E-state index in [2.05, 4.69) is 31.0 Å². The highest BCUT2D eigenvalue weighted by atomic mass is 32.2. The van der Waals surface area contributed by atoms with E-state index >= 15 is 0 Å². The SMILES string of the molecule is COc1ccc(C(=O)NC(C)CN2CCCC(C)C2)cc1S(=O)(=O)N1CC(C)CC(C)C1. The predicted molar refractivity (Wildman–Crippen MR) is 126 cm³/mol. The molecule has 0 saturated carbocycles. The minimum absolute atomic E-state index is 0.0289. The summed E-state index contributed by atoms with van der Waals surface area (Å²) < 4.78 is 33.8. The van der Waals surface area contributed by atoms with Gasteiger partial charge in [0.15, 0.2) is 0 Å². The first-order valence-electron chi connectivity index (χ1n) is 11.8. The second-order valence-corrected chi connectivity index (χ2v) is 11.9. The lowest BCUT2D eigenvalue weighted by Crippen LogP contribution is -2.45. The van der Waals surface area contributed by atoms with Crippen molar-refractivity contribution in [2.75, 3.05) is 39.8 Å². The number of ether oxygens (including phenoxy) is 1. The number of carbonyl (C=O) groups excluding carboxylic acids is 1. The number of methoxy groups -OCH3 is 1. The molecule has 3 rings (SSSR count). The van der Waals surface area contributed by atoms with Gasteiger partial charge in [0.2, 0.25) is 10.0 Å². The van der Waals surface area contributed by atoms with E-state index in [0.29, 0.717) is 36.4 Å². The van der Waals surface area contributed by atoms with Gasteiger partial charge < -0.3 is 15.0 Å². The zero-order valence-electron chi connectivity index (χ0n) is 20.1. The number of hydrogen-bond donors (Lipinski definition) is 1. The van der Waals surface area contributed by atoms with Gasteiger partial charge in [0, 0.05) is 37.8 Å². The van der Waals surface area contributed by atoms with Gasteiger partial charge in [-0.05, 0) is 68.7 Å². The van der Waals surface area contributed by atoms with Crippen LogP contribution in [-0.4, -0.2) is 69.4 Å². The van der Waals surface area contributed by atoms with Crippen LogP contribution in [0.25, 0.3) is 0 Å². The molecule has 180 valence electrons. The molecule has 4 atom stereocenters. The Morgan fingerprint density at radius 2 is 1.84 bits per heavy atom. The van der Waals surface area contributed by atoms with Gasteiger partial charge in [-0.15, -0.1) is 0 Å². The standard InChI is InChI=1S/C24H39N3O4S/c1-17-7-6-10-26(13-17)16-20(4)25-24(28)21-8-9-22(31-5)23(12-21)32(29,30)27-14-18(2)11-19(3)15-27/h8-9,12,17-20H,6-7,10-11,13-16H2,1-5H3,(H,25,28). The molecule has 8 heteroatoms. The predicted octanol–water partition coefficient (Wildman–Crippen LogP) is 3.21. The molecule has 1 amide bonds. The summed E-state index contributed by atoms with van der Waals surface area (Å²) in [6.45, 7) is 12.3. The molecule has 2 aliphatic rings. The molecule has 1 aromatic carbocycles. The number of hydrogen-bond acceptors (Lipinski definition) is 5. The Morgan fingerprint density at radius 3 is 2.47 bits per heavy atom. The maximum absolute atomic E-state index is 13.5. The third kappa shape index (κ3) is 6.02. The number of nitrogens with zero attached hydrogens (tertiary/aromatic N) is 2. The summed E-state index contributed by atoms with van der Waals surface area (Å²) >= 11 is 0. The second kappa shape index (κ2) is 10.5. The van der Waals surface area contributed by atoms with E-state index in [1.54, 1.807) is 12.1 Å². The Hall–Kier alpha value is -1.64. The van der Waals surface area contributed by atoms with E-state index < -0.39 is 10.0 Å². The van der Waals surface area contributed by atoms with Crippen LogP contribution in [0.5, 0.6) is 5.75 Å². The number of piperidine rings is 2. The van der Waals surface area contributed by atoms with Gasteiger partial charge in [-0.25, -0.2) is 8.42 Å². The maximum Gasteiger partial charge on any atom is 0.251 e. The van der Waals surface area contributed by atoms with E-state index in [1.807, 2.05) is 6.92 Å². The summed E-state index contributed by atoms with van der Waals surface area (Å²) in [5.41, 5.74) is 0.335. The van der Waals surface area contributed by atoms with Crippen molar-refractivity contribution in [3.8, 4) is 5.75 Å². The topological polar surface area (TPSA) is 79.0 Å². The lowest BCUT2D eigenvalue weighted by molar-refractivity contribution is 0.0919. The normalized spacial score (nSPS) is 26.5. The van der Waals surface area contributed by atoms with Crippen LogP contribution in [0.4, 0.5) is 0 Å². The molecule has 0 bridgehead atoms. The minimum atomic E-state index is -3.76. The molecule has 7 nitrogen and oxygen atoms in total. The van der Waals surface area contributed by atoms with E-state index in [0.717, 1.165) is 26.1 Å². The van der Waals surface area contributed by atoms with E-state index in [1.165, 1.54) is 30.3 Å². The number of sulfonamides is 1. The number of rotatable bonds is 7. The molecule has 0 aromatic heterocycles. The zero-order valence-corrected chi connectivity index (χ0v) is 21.0. The monoisotopic (exact) mass is 465 g/mol. The molecule has 1 N–H and O–H groups in total. The number of amides is 1. The molecule has 0 radical (unpaired) electrons. The number of carbonyl (C=O) groups is 1. The van der Waals surface area contributed by atoms with Gasteiger partial charge >= 0.3 is 0 Å². The first-order chi connectivity index (χ1) is 15.1. The fourth-order valence-corrected chi connectivity index (χ4v) is 7.01. The highest BCUT2D eigenvalue weighted by Crippen LogP contribution is 2.32. The molecule has 1 aromatic rings. The van der Waals surface area contributed by atoms with Crippen LogP contribution in [0.2, 0.25) is 0 Å². The van der Waals surface area contributed by atoms with Gasteiger partial charge in [-0.1, -0.05) is 20.8 Å². The Balaban J connectivity index is 1.75. The average molecular weight is 466 g/mol. The van der Waals surface area contributed by atoms with E-state index in [-0.39, 0.29) is 22.6 Å². The lowest BCUT2D eigenvalue weighted by atomic mass is 9.94. The van der Waals surface area contributed by atoms with Gasteiger partial charge in [0.1, 0.15) is 10.6 Å². The highest BCUT2D eigenvalue weighted by molar-refractivity contribution is 7.89. The molecule has 0 aliphatic carbocycles. The third-order valence-corrected chi connectivity index (χ3v) is 8.38. The van der Waals surface area contributed by atoms with Crippen LogP contribution in [0, 0.1) is 17.8 Å².